The molecule has 4 atom stereocenters. The van der Waals surface area contributed by atoms with Gasteiger partial charge < -0.3 is 10.2 Å². The molecule has 1 amide bonds. The van der Waals surface area contributed by atoms with Gasteiger partial charge in [0.05, 0.1) is 5.56 Å². The first-order valence-corrected chi connectivity index (χ1v) is 11.5. The van der Waals surface area contributed by atoms with Crippen LogP contribution in [0.3, 0.4) is 0 Å². The molecule has 4 rings (SSSR count). The summed E-state index contributed by atoms with van der Waals surface area (Å²) < 4.78 is 38.4. The number of alkyl halides is 3. The van der Waals surface area contributed by atoms with E-state index in [0.717, 1.165) is 38.1 Å². The van der Waals surface area contributed by atoms with E-state index in [-0.39, 0.29) is 30.2 Å². The number of nitrogens with one attached hydrogen (secondary N) is 1. The average Bonchev–Trinajstić information content (AvgIpc) is 3.29. The lowest BCUT2D eigenvalue weighted by atomic mass is 10.0. The van der Waals surface area contributed by atoms with E-state index >= 15 is 0 Å². The summed E-state index contributed by atoms with van der Waals surface area (Å²) in [6.45, 7) is 4.09. The van der Waals surface area contributed by atoms with Gasteiger partial charge in [-0.15, -0.1) is 0 Å². The van der Waals surface area contributed by atoms with Crippen molar-refractivity contribution in [3.8, 4) is 0 Å². The van der Waals surface area contributed by atoms with Crippen LogP contribution in [0.15, 0.2) is 54.6 Å². The Hall–Kier alpha value is -2.67. The topological polar surface area (TPSA) is 49.4 Å². The number of rotatable bonds is 9. The number of Topliss-reactive ketones (excluding diaryl/α,β-unsaturated/α-hetero) is 1. The first kappa shape index (κ1) is 23.5. The van der Waals surface area contributed by atoms with Crippen molar-refractivity contribution in [3.63, 3.8) is 0 Å². The number of benzene rings is 2. The SMILES string of the molecule is CC(CCc1ccccc1)N1C[C@@H]2C(C(=O)CCC(=O)Nc3cccc(C(F)(F)F)c3)[C@@H]2C1. The number of amides is 1. The Bertz CT molecular complexity index is 981. The molecule has 0 bridgehead atoms. The van der Waals surface area contributed by atoms with Crippen LogP contribution in [-0.4, -0.2) is 35.7 Å². The largest absolute Gasteiger partial charge is 0.416 e. The molecule has 0 spiro atoms. The van der Waals surface area contributed by atoms with Gasteiger partial charge in [0, 0.05) is 43.6 Å². The minimum atomic E-state index is -4.46. The molecule has 0 aromatic heterocycles. The summed E-state index contributed by atoms with van der Waals surface area (Å²) in [7, 11) is 0. The van der Waals surface area contributed by atoms with Crippen LogP contribution in [0.4, 0.5) is 18.9 Å². The van der Waals surface area contributed by atoms with E-state index < -0.39 is 17.6 Å². The van der Waals surface area contributed by atoms with Gasteiger partial charge in [0.15, 0.2) is 0 Å². The number of carbonyl (C=O) groups is 2. The zero-order chi connectivity index (χ0) is 23.6. The number of likely N-dealkylation sites (tertiary alicyclic amines) is 1. The molecule has 2 aromatic carbocycles. The Morgan fingerprint density at radius 2 is 1.73 bits per heavy atom. The van der Waals surface area contributed by atoms with Gasteiger partial charge in [-0.25, -0.2) is 0 Å². The maximum Gasteiger partial charge on any atom is 0.416 e. The number of hydrogen-bond donors (Lipinski definition) is 1. The van der Waals surface area contributed by atoms with Crippen molar-refractivity contribution >= 4 is 17.4 Å². The van der Waals surface area contributed by atoms with Crippen LogP contribution in [0.2, 0.25) is 0 Å². The van der Waals surface area contributed by atoms with Gasteiger partial charge in [-0.2, -0.15) is 13.2 Å². The molecule has 1 heterocycles. The van der Waals surface area contributed by atoms with Crippen molar-refractivity contribution in [1.29, 1.82) is 0 Å². The van der Waals surface area contributed by atoms with Crippen molar-refractivity contribution < 1.29 is 22.8 Å². The summed E-state index contributed by atoms with van der Waals surface area (Å²) in [6, 6.07) is 15.4. The molecule has 176 valence electrons. The van der Waals surface area contributed by atoms with Gasteiger partial charge in [0.2, 0.25) is 5.91 Å². The van der Waals surface area contributed by atoms with Crippen molar-refractivity contribution in [2.24, 2.45) is 17.8 Å². The minimum Gasteiger partial charge on any atom is -0.326 e. The van der Waals surface area contributed by atoms with E-state index in [1.54, 1.807) is 0 Å². The van der Waals surface area contributed by atoms with Crippen LogP contribution >= 0.6 is 0 Å². The number of halogens is 3. The van der Waals surface area contributed by atoms with Gasteiger partial charge in [-0.05, 0) is 55.4 Å². The van der Waals surface area contributed by atoms with Gasteiger partial charge >= 0.3 is 6.18 Å². The number of carbonyl (C=O) groups excluding carboxylic acids is 2. The fraction of sp³-hybridized carbons (Fsp3) is 0.462. The van der Waals surface area contributed by atoms with Gasteiger partial charge in [0.25, 0.3) is 0 Å². The van der Waals surface area contributed by atoms with Crippen LogP contribution in [0, 0.1) is 17.8 Å². The van der Waals surface area contributed by atoms with Gasteiger partial charge in [-0.3, -0.25) is 9.59 Å². The predicted octanol–water partition coefficient (Wildman–Crippen LogP) is 5.19. The highest BCUT2D eigenvalue weighted by atomic mass is 19.4. The van der Waals surface area contributed by atoms with Crippen molar-refractivity contribution in [2.45, 2.75) is 44.8 Å². The van der Waals surface area contributed by atoms with Crippen LogP contribution in [0.5, 0.6) is 0 Å². The van der Waals surface area contributed by atoms with Crippen LogP contribution in [-0.2, 0) is 22.2 Å². The second-order valence-electron chi connectivity index (χ2n) is 9.27. The third-order valence-corrected chi connectivity index (χ3v) is 6.98. The van der Waals surface area contributed by atoms with E-state index in [2.05, 4.69) is 41.4 Å². The molecule has 33 heavy (non-hydrogen) atoms. The normalized spacial score (nSPS) is 23.1. The quantitative estimate of drug-likeness (QED) is 0.563. The number of aryl methyl sites for hydroxylation is 1. The molecule has 2 fully saturated rings. The Kier molecular flexibility index (Phi) is 6.88. The molecule has 1 N–H and O–H groups in total. The number of fused-ring (bicyclic) bond motifs is 1. The smallest absolute Gasteiger partial charge is 0.326 e. The van der Waals surface area contributed by atoms with E-state index in [1.165, 1.54) is 17.7 Å². The molecule has 1 saturated heterocycles. The maximum absolute atomic E-state index is 12.8. The maximum atomic E-state index is 12.8. The van der Waals surface area contributed by atoms with E-state index in [9.17, 15) is 22.8 Å². The Morgan fingerprint density at radius 1 is 1.03 bits per heavy atom. The first-order chi connectivity index (χ1) is 15.7. The average molecular weight is 459 g/mol. The molecule has 7 heteroatoms. The molecule has 2 unspecified atom stereocenters. The zero-order valence-electron chi connectivity index (χ0n) is 18.6. The highest BCUT2D eigenvalue weighted by Gasteiger charge is 2.58. The molecule has 0 radical (unpaired) electrons. The lowest BCUT2D eigenvalue weighted by molar-refractivity contribution is -0.137. The number of ketones is 1. The van der Waals surface area contributed by atoms with Crippen LogP contribution in [0.1, 0.15) is 37.3 Å². The molecular formula is C26H29F3N2O2. The summed E-state index contributed by atoms with van der Waals surface area (Å²) in [4.78, 5) is 27.2. The number of hydrogen-bond acceptors (Lipinski definition) is 3. The number of anilines is 1. The van der Waals surface area contributed by atoms with Crippen LogP contribution < -0.4 is 5.32 Å². The molecule has 2 aliphatic rings. The lowest BCUT2D eigenvalue weighted by Crippen LogP contribution is -2.34. The Labute approximate surface area is 192 Å². The highest BCUT2D eigenvalue weighted by molar-refractivity contribution is 5.94. The fourth-order valence-corrected chi connectivity index (χ4v) is 5.00. The summed E-state index contributed by atoms with van der Waals surface area (Å²) in [6.07, 6.45) is -2.23. The minimum absolute atomic E-state index is 0.0117. The highest BCUT2D eigenvalue weighted by Crippen LogP contribution is 2.53. The van der Waals surface area contributed by atoms with Crippen molar-refractivity contribution in [1.82, 2.24) is 4.90 Å². The second-order valence-corrected chi connectivity index (χ2v) is 9.27. The third kappa shape index (κ3) is 5.82. The standard InChI is InChI=1S/C26H29F3N2O2/c1-17(10-11-18-6-3-2-4-7-18)31-15-21-22(16-31)25(21)23(32)12-13-24(33)30-20-9-5-8-19(14-20)26(27,28)29/h2-9,14,17,21-22,25H,10-13,15-16H2,1H3,(H,30,33)/t17?,21-,22+,25?. The zero-order valence-corrected chi connectivity index (χ0v) is 18.6. The number of nitrogens with zero attached hydrogens (tertiary/aromatic N) is 1. The van der Waals surface area contributed by atoms with Gasteiger partial charge in [0.1, 0.15) is 5.78 Å². The second kappa shape index (κ2) is 9.67. The monoisotopic (exact) mass is 458 g/mol. The van der Waals surface area contributed by atoms with E-state index in [4.69, 9.17) is 0 Å². The van der Waals surface area contributed by atoms with E-state index in [1.807, 2.05) is 6.07 Å². The number of piperidine rings is 1. The van der Waals surface area contributed by atoms with Crippen molar-refractivity contribution in [3.05, 3.63) is 65.7 Å². The van der Waals surface area contributed by atoms with Crippen LogP contribution in [0.25, 0.3) is 0 Å². The molecule has 1 aliphatic carbocycles. The Balaban J connectivity index is 1.17. The molecular weight excluding hydrogens is 429 g/mol. The predicted molar refractivity (Wildman–Crippen MR) is 121 cm³/mol. The molecule has 4 nitrogen and oxygen atoms in total. The molecule has 1 aliphatic heterocycles. The van der Waals surface area contributed by atoms with Gasteiger partial charge in [-0.1, -0.05) is 36.4 Å². The summed E-state index contributed by atoms with van der Waals surface area (Å²) in [5.41, 5.74) is 0.612. The summed E-state index contributed by atoms with van der Waals surface area (Å²) >= 11 is 0. The first-order valence-electron chi connectivity index (χ1n) is 11.5. The lowest BCUT2D eigenvalue weighted by Gasteiger charge is -2.26. The van der Waals surface area contributed by atoms with E-state index in [0.29, 0.717) is 17.9 Å². The summed E-state index contributed by atoms with van der Waals surface area (Å²) in [5, 5.41) is 2.47. The third-order valence-electron chi connectivity index (χ3n) is 6.98. The van der Waals surface area contributed by atoms with Crippen molar-refractivity contribution in [2.75, 3.05) is 18.4 Å². The Morgan fingerprint density at radius 3 is 2.39 bits per heavy atom. The summed E-state index contributed by atoms with van der Waals surface area (Å²) in [5.74, 6) is 0.445. The fourth-order valence-electron chi connectivity index (χ4n) is 5.00. The molecule has 1 saturated carbocycles. The molecule has 2 aromatic rings.